The molecule has 0 N–H and O–H groups in total. The lowest BCUT2D eigenvalue weighted by atomic mass is 9.85. The summed E-state index contributed by atoms with van der Waals surface area (Å²) in [5, 5.41) is 0. The first kappa shape index (κ1) is 16.6. The molecule has 0 amide bonds. The van der Waals surface area contributed by atoms with Crippen molar-refractivity contribution in [2.24, 2.45) is 17.3 Å². The van der Waals surface area contributed by atoms with Gasteiger partial charge in [-0.1, -0.05) is 58.8 Å². The van der Waals surface area contributed by atoms with Crippen LogP contribution in [0.15, 0.2) is 0 Å². The van der Waals surface area contributed by atoms with Crippen molar-refractivity contribution in [3.05, 3.63) is 0 Å². The average molecular weight is 236 g/mol. The van der Waals surface area contributed by atoms with Crippen LogP contribution in [-0.4, -0.2) is 0 Å². The van der Waals surface area contributed by atoms with Gasteiger partial charge in [0, 0.05) is 5.41 Å². The topological polar surface area (TPSA) is 0 Å². The summed E-state index contributed by atoms with van der Waals surface area (Å²) >= 11 is 0. The molecular formula is C17H32. The van der Waals surface area contributed by atoms with Gasteiger partial charge in [-0.25, -0.2) is 0 Å². The van der Waals surface area contributed by atoms with Crippen LogP contribution in [0.5, 0.6) is 0 Å². The van der Waals surface area contributed by atoms with Crippen LogP contribution in [0.25, 0.3) is 0 Å². The molecule has 0 aromatic carbocycles. The molecule has 0 aliphatic heterocycles. The second kappa shape index (κ2) is 8.62. The third-order valence-corrected chi connectivity index (χ3v) is 3.44. The van der Waals surface area contributed by atoms with Gasteiger partial charge in [0.1, 0.15) is 0 Å². The van der Waals surface area contributed by atoms with Gasteiger partial charge in [-0.15, -0.1) is 5.92 Å². The molecule has 0 aromatic heterocycles. The smallest absolute Gasteiger partial charge is 0.0258 e. The maximum atomic E-state index is 3.30. The third kappa shape index (κ3) is 10.4. The molecule has 1 atom stereocenters. The van der Waals surface area contributed by atoms with E-state index in [2.05, 4.69) is 46.5 Å². The number of hydrogen-bond acceptors (Lipinski definition) is 0. The van der Waals surface area contributed by atoms with Crippen LogP contribution in [-0.2, 0) is 0 Å². The van der Waals surface area contributed by atoms with Gasteiger partial charge in [0.15, 0.2) is 0 Å². The Morgan fingerprint density at radius 3 is 2.06 bits per heavy atom. The molecule has 0 saturated heterocycles. The zero-order valence-electron chi connectivity index (χ0n) is 12.9. The van der Waals surface area contributed by atoms with Crippen LogP contribution in [0.1, 0.15) is 80.1 Å². The lowest BCUT2D eigenvalue weighted by Crippen LogP contribution is -2.08. The molecule has 0 saturated carbocycles. The molecule has 0 spiro atoms. The van der Waals surface area contributed by atoms with Crippen molar-refractivity contribution < 1.29 is 0 Å². The predicted molar refractivity (Wildman–Crippen MR) is 78.9 cm³/mol. The SMILES string of the molecule is CC#CC(C)(C)CCCC(C)CCCC(C)C. The van der Waals surface area contributed by atoms with Crippen LogP contribution in [0, 0.1) is 29.1 Å². The lowest BCUT2D eigenvalue weighted by molar-refractivity contribution is 0.376. The van der Waals surface area contributed by atoms with E-state index in [4.69, 9.17) is 0 Å². The molecule has 0 bridgehead atoms. The van der Waals surface area contributed by atoms with Crippen molar-refractivity contribution in [3.8, 4) is 11.8 Å². The van der Waals surface area contributed by atoms with Crippen molar-refractivity contribution in [1.82, 2.24) is 0 Å². The van der Waals surface area contributed by atoms with Gasteiger partial charge >= 0.3 is 0 Å². The normalized spacial score (nSPS) is 13.4. The first-order chi connectivity index (χ1) is 7.87. The van der Waals surface area contributed by atoms with Gasteiger partial charge in [-0.3, -0.25) is 0 Å². The molecule has 17 heavy (non-hydrogen) atoms. The Morgan fingerprint density at radius 2 is 1.53 bits per heavy atom. The standard InChI is InChI=1S/C17H32/c1-7-13-17(5,6)14-9-12-16(4)11-8-10-15(2)3/h15-16H,8-12,14H2,1-6H3. The minimum absolute atomic E-state index is 0.215. The average Bonchev–Trinajstić information content (AvgIpc) is 2.16. The highest BCUT2D eigenvalue weighted by Crippen LogP contribution is 2.25. The van der Waals surface area contributed by atoms with Crippen LogP contribution in [0.2, 0.25) is 0 Å². The van der Waals surface area contributed by atoms with Gasteiger partial charge in [0.25, 0.3) is 0 Å². The fourth-order valence-electron chi connectivity index (χ4n) is 2.31. The van der Waals surface area contributed by atoms with Crippen molar-refractivity contribution >= 4 is 0 Å². The summed E-state index contributed by atoms with van der Waals surface area (Å²) in [4.78, 5) is 0. The maximum absolute atomic E-state index is 3.30. The summed E-state index contributed by atoms with van der Waals surface area (Å²) < 4.78 is 0. The van der Waals surface area contributed by atoms with Crippen molar-refractivity contribution in [2.75, 3.05) is 0 Å². The highest BCUT2D eigenvalue weighted by Gasteiger charge is 2.14. The van der Waals surface area contributed by atoms with E-state index in [-0.39, 0.29) is 5.41 Å². The summed E-state index contributed by atoms with van der Waals surface area (Å²) in [6, 6.07) is 0. The fourth-order valence-corrected chi connectivity index (χ4v) is 2.31. The molecular weight excluding hydrogens is 204 g/mol. The highest BCUT2D eigenvalue weighted by atomic mass is 14.2. The Kier molecular flexibility index (Phi) is 8.40. The van der Waals surface area contributed by atoms with E-state index >= 15 is 0 Å². The van der Waals surface area contributed by atoms with Crippen LogP contribution < -0.4 is 0 Å². The van der Waals surface area contributed by atoms with Crippen LogP contribution >= 0.6 is 0 Å². The minimum Gasteiger partial charge on any atom is -0.106 e. The van der Waals surface area contributed by atoms with E-state index in [1.165, 1.54) is 38.5 Å². The van der Waals surface area contributed by atoms with Gasteiger partial charge in [0.05, 0.1) is 0 Å². The number of hydrogen-bond donors (Lipinski definition) is 0. The molecule has 0 rings (SSSR count). The van der Waals surface area contributed by atoms with Gasteiger partial charge < -0.3 is 0 Å². The molecule has 1 unspecified atom stereocenters. The zero-order chi connectivity index (χ0) is 13.3. The van der Waals surface area contributed by atoms with E-state index in [0.717, 1.165) is 11.8 Å². The van der Waals surface area contributed by atoms with E-state index < -0.39 is 0 Å². The van der Waals surface area contributed by atoms with E-state index in [1.807, 2.05) is 6.92 Å². The van der Waals surface area contributed by atoms with Crippen molar-refractivity contribution in [3.63, 3.8) is 0 Å². The molecule has 100 valence electrons. The van der Waals surface area contributed by atoms with Crippen LogP contribution in [0.3, 0.4) is 0 Å². The quantitative estimate of drug-likeness (QED) is 0.476. The molecule has 0 heteroatoms. The maximum Gasteiger partial charge on any atom is 0.0258 e. The molecule has 0 heterocycles. The van der Waals surface area contributed by atoms with Crippen molar-refractivity contribution in [2.45, 2.75) is 80.1 Å². The first-order valence-electron chi connectivity index (χ1n) is 7.31. The van der Waals surface area contributed by atoms with E-state index in [9.17, 15) is 0 Å². The fraction of sp³-hybridized carbons (Fsp3) is 0.882. The Balaban J connectivity index is 3.63. The minimum atomic E-state index is 0.215. The summed E-state index contributed by atoms with van der Waals surface area (Å²) in [6.07, 6.45) is 8.12. The lowest BCUT2D eigenvalue weighted by Gasteiger charge is -2.19. The first-order valence-corrected chi connectivity index (χ1v) is 7.31. The molecule has 0 aromatic rings. The Labute approximate surface area is 110 Å². The van der Waals surface area contributed by atoms with Gasteiger partial charge in [-0.05, 0) is 39.0 Å². The molecule has 0 aliphatic rings. The molecule has 0 nitrogen and oxygen atoms in total. The predicted octanol–water partition coefficient (Wildman–Crippen LogP) is 5.67. The number of rotatable bonds is 8. The highest BCUT2D eigenvalue weighted by molar-refractivity contribution is 5.06. The third-order valence-electron chi connectivity index (χ3n) is 3.44. The Bertz CT molecular complexity index is 236. The zero-order valence-corrected chi connectivity index (χ0v) is 12.9. The monoisotopic (exact) mass is 236 g/mol. The van der Waals surface area contributed by atoms with E-state index in [0.29, 0.717) is 0 Å². The van der Waals surface area contributed by atoms with Crippen molar-refractivity contribution in [1.29, 1.82) is 0 Å². The Hall–Kier alpha value is -0.440. The summed E-state index contributed by atoms with van der Waals surface area (Å²) in [6.45, 7) is 13.5. The molecule has 0 fully saturated rings. The Morgan fingerprint density at radius 1 is 0.941 bits per heavy atom. The van der Waals surface area contributed by atoms with Gasteiger partial charge in [-0.2, -0.15) is 0 Å². The second-order valence-corrected chi connectivity index (χ2v) is 6.58. The molecule has 0 radical (unpaired) electrons. The van der Waals surface area contributed by atoms with Crippen LogP contribution in [0.4, 0.5) is 0 Å². The summed E-state index contributed by atoms with van der Waals surface area (Å²) in [7, 11) is 0. The second-order valence-electron chi connectivity index (χ2n) is 6.58. The summed E-state index contributed by atoms with van der Waals surface area (Å²) in [5.74, 6) is 8.10. The summed E-state index contributed by atoms with van der Waals surface area (Å²) in [5.41, 5.74) is 0.215. The largest absolute Gasteiger partial charge is 0.106 e. The van der Waals surface area contributed by atoms with E-state index in [1.54, 1.807) is 0 Å². The van der Waals surface area contributed by atoms with Gasteiger partial charge in [0.2, 0.25) is 0 Å². The molecule has 0 aliphatic carbocycles.